The number of hydrogen-bond donors (Lipinski definition) is 2. The van der Waals surface area contributed by atoms with Crippen LogP contribution in [0.2, 0.25) is 0 Å². The standard InChI is InChI=1S/C20H19FN4/c1-12-8-14(9-17(21)18(12)13-2-5-23-6-3-13)16-4-7-24-20-19(16)15(10-22)11-25-20/h4,7-9,11,13,23H,2-3,5-6H2,1H3,(H,24,25). The number of aromatic nitrogens is 2. The second-order valence-corrected chi connectivity index (χ2v) is 6.61. The summed E-state index contributed by atoms with van der Waals surface area (Å²) in [7, 11) is 0. The van der Waals surface area contributed by atoms with Gasteiger partial charge < -0.3 is 10.3 Å². The molecule has 0 spiro atoms. The van der Waals surface area contributed by atoms with Crippen LogP contribution in [0.3, 0.4) is 0 Å². The number of benzene rings is 1. The lowest BCUT2D eigenvalue weighted by Crippen LogP contribution is -2.27. The van der Waals surface area contributed by atoms with Gasteiger partial charge in [0.15, 0.2) is 0 Å². The van der Waals surface area contributed by atoms with Crippen LogP contribution in [0.4, 0.5) is 4.39 Å². The smallest absolute Gasteiger partial charge is 0.139 e. The normalized spacial score (nSPS) is 15.4. The van der Waals surface area contributed by atoms with E-state index in [1.165, 1.54) is 0 Å². The Morgan fingerprint density at radius 1 is 1.28 bits per heavy atom. The molecule has 25 heavy (non-hydrogen) atoms. The van der Waals surface area contributed by atoms with Gasteiger partial charge in [-0.3, -0.25) is 0 Å². The summed E-state index contributed by atoms with van der Waals surface area (Å²) >= 11 is 0. The summed E-state index contributed by atoms with van der Waals surface area (Å²) in [6.07, 6.45) is 5.26. The summed E-state index contributed by atoms with van der Waals surface area (Å²) < 4.78 is 15.0. The summed E-state index contributed by atoms with van der Waals surface area (Å²) in [6.45, 7) is 3.85. The number of nitriles is 1. The van der Waals surface area contributed by atoms with E-state index in [-0.39, 0.29) is 11.7 Å². The predicted octanol–water partition coefficient (Wildman–Crippen LogP) is 4.02. The van der Waals surface area contributed by atoms with E-state index in [1.54, 1.807) is 18.5 Å². The van der Waals surface area contributed by atoms with E-state index in [0.717, 1.165) is 53.6 Å². The van der Waals surface area contributed by atoms with Crippen LogP contribution >= 0.6 is 0 Å². The van der Waals surface area contributed by atoms with E-state index in [2.05, 4.69) is 21.4 Å². The van der Waals surface area contributed by atoms with Gasteiger partial charge in [0.25, 0.3) is 0 Å². The highest BCUT2D eigenvalue weighted by Gasteiger charge is 2.22. The van der Waals surface area contributed by atoms with Gasteiger partial charge in [0, 0.05) is 17.8 Å². The van der Waals surface area contributed by atoms with Gasteiger partial charge in [0.1, 0.15) is 17.5 Å². The highest BCUT2D eigenvalue weighted by atomic mass is 19.1. The molecule has 4 rings (SSSR count). The number of aromatic amines is 1. The van der Waals surface area contributed by atoms with E-state index in [9.17, 15) is 9.65 Å². The molecule has 0 unspecified atom stereocenters. The fourth-order valence-electron chi connectivity index (χ4n) is 3.92. The van der Waals surface area contributed by atoms with Crippen LogP contribution in [-0.4, -0.2) is 23.1 Å². The van der Waals surface area contributed by atoms with Gasteiger partial charge in [-0.05, 0) is 73.2 Å². The molecule has 1 saturated heterocycles. The summed E-state index contributed by atoms with van der Waals surface area (Å²) in [5.41, 5.74) is 4.61. The highest BCUT2D eigenvalue weighted by molar-refractivity contribution is 5.97. The van der Waals surface area contributed by atoms with E-state index >= 15 is 0 Å². The van der Waals surface area contributed by atoms with Crippen molar-refractivity contribution in [3.8, 4) is 17.2 Å². The molecular formula is C20H19FN4. The largest absolute Gasteiger partial charge is 0.345 e. The SMILES string of the molecule is Cc1cc(-c2ccnc3[nH]cc(C#N)c23)cc(F)c1C1CCNCC1. The number of aryl methyl sites for hydroxylation is 1. The van der Waals surface area contributed by atoms with Crippen molar-refractivity contribution in [3.63, 3.8) is 0 Å². The number of nitrogens with one attached hydrogen (secondary N) is 2. The third-order valence-electron chi connectivity index (χ3n) is 5.09. The molecule has 3 aromatic rings. The van der Waals surface area contributed by atoms with Crippen molar-refractivity contribution in [3.05, 3.63) is 53.1 Å². The Hall–Kier alpha value is -2.71. The van der Waals surface area contributed by atoms with Gasteiger partial charge in [-0.1, -0.05) is 6.07 Å². The molecule has 1 aliphatic rings. The molecule has 0 amide bonds. The molecule has 126 valence electrons. The van der Waals surface area contributed by atoms with Crippen LogP contribution in [0.5, 0.6) is 0 Å². The molecule has 0 bridgehead atoms. The van der Waals surface area contributed by atoms with Crippen LogP contribution in [0.15, 0.2) is 30.6 Å². The average molecular weight is 334 g/mol. The van der Waals surface area contributed by atoms with E-state index in [1.807, 2.05) is 19.1 Å². The van der Waals surface area contributed by atoms with Crippen molar-refractivity contribution < 1.29 is 4.39 Å². The van der Waals surface area contributed by atoms with Crippen molar-refractivity contribution >= 4 is 11.0 Å². The molecule has 4 nitrogen and oxygen atoms in total. The van der Waals surface area contributed by atoms with Crippen LogP contribution in [0, 0.1) is 24.1 Å². The Balaban J connectivity index is 1.85. The topological polar surface area (TPSA) is 64.5 Å². The number of rotatable bonds is 2. The van der Waals surface area contributed by atoms with Gasteiger partial charge in [-0.15, -0.1) is 0 Å². The molecule has 3 heterocycles. The quantitative estimate of drug-likeness (QED) is 0.744. The second kappa shape index (κ2) is 6.30. The lowest BCUT2D eigenvalue weighted by molar-refractivity contribution is 0.443. The molecule has 0 saturated carbocycles. The number of H-pyrrole nitrogens is 1. The maximum atomic E-state index is 15.0. The summed E-state index contributed by atoms with van der Waals surface area (Å²) in [4.78, 5) is 7.27. The Morgan fingerprint density at radius 3 is 2.80 bits per heavy atom. The number of pyridine rings is 1. The average Bonchev–Trinajstić information content (AvgIpc) is 3.05. The minimum absolute atomic E-state index is 0.152. The predicted molar refractivity (Wildman–Crippen MR) is 95.8 cm³/mol. The van der Waals surface area contributed by atoms with E-state index < -0.39 is 0 Å². The summed E-state index contributed by atoms with van der Waals surface area (Å²) in [5.74, 6) is 0.121. The fourth-order valence-corrected chi connectivity index (χ4v) is 3.92. The van der Waals surface area contributed by atoms with E-state index in [4.69, 9.17) is 0 Å². The maximum Gasteiger partial charge on any atom is 0.139 e. The first-order valence-corrected chi connectivity index (χ1v) is 8.56. The lowest BCUT2D eigenvalue weighted by Gasteiger charge is -2.25. The zero-order valence-electron chi connectivity index (χ0n) is 14.1. The first-order valence-electron chi connectivity index (χ1n) is 8.56. The van der Waals surface area contributed by atoms with Crippen molar-refractivity contribution in [1.82, 2.24) is 15.3 Å². The molecule has 1 fully saturated rings. The first kappa shape index (κ1) is 15.8. The zero-order chi connectivity index (χ0) is 17.4. The Morgan fingerprint density at radius 2 is 2.08 bits per heavy atom. The second-order valence-electron chi connectivity index (χ2n) is 6.61. The molecule has 1 aliphatic heterocycles. The third-order valence-corrected chi connectivity index (χ3v) is 5.09. The van der Waals surface area contributed by atoms with Gasteiger partial charge in [-0.2, -0.15) is 5.26 Å². The number of halogens is 1. The number of fused-ring (bicyclic) bond motifs is 1. The Kier molecular flexibility index (Phi) is 3.98. The van der Waals surface area contributed by atoms with Gasteiger partial charge >= 0.3 is 0 Å². The van der Waals surface area contributed by atoms with Crippen LogP contribution < -0.4 is 5.32 Å². The molecule has 2 aromatic heterocycles. The van der Waals surface area contributed by atoms with Crippen molar-refractivity contribution in [2.75, 3.05) is 13.1 Å². The molecule has 0 radical (unpaired) electrons. The Bertz CT molecular complexity index is 954. The lowest BCUT2D eigenvalue weighted by atomic mass is 9.85. The maximum absolute atomic E-state index is 15.0. The monoisotopic (exact) mass is 334 g/mol. The number of nitrogens with zero attached hydrogens (tertiary/aromatic N) is 2. The van der Waals surface area contributed by atoms with Crippen molar-refractivity contribution in [1.29, 1.82) is 5.26 Å². The molecule has 2 N–H and O–H groups in total. The number of hydrogen-bond acceptors (Lipinski definition) is 3. The fraction of sp³-hybridized carbons (Fsp3) is 0.300. The van der Waals surface area contributed by atoms with Gasteiger partial charge in [-0.25, -0.2) is 9.37 Å². The summed E-state index contributed by atoms with van der Waals surface area (Å²) in [6, 6.07) is 7.66. The van der Waals surface area contributed by atoms with E-state index in [0.29, 0.717) is 11.2 Å². The number of piperidine rings is 1. The third kappa shape index (κ3) is 2.69. The molecule has 5 heteroatoms. The van der Waals surface area contributed by atoms with Crippen molar-refractivity contribution in [2.45, 2.75) is 25.7 Å². The molecule has 0 atom stereocenters. The van der Waals surface area contributed by atoms with Gasteiger partial charge in [0.05, 0.1) is 5.56 Å². The van der Waals surface area contributed by atoms with Crippen LogP contribution in [-0.2, 0) is 0 Å². The molecular weight excluding hydrogens is 315 g/mol. The van der Waals surface area contributed by atoms with Crippen molar-refractivity contribution in [2.24, 2.45) is 0 Å². The van der Waals surface area contributed by atoms with Crippen LogP contribution in [0.1, 0.15) is 35.4 Å². The molecule has 0 aliphatic carbocycles. The van der Waals surface area contributed by atoms with Crippen LogP contribution in [0.25, 0.3) is 22.2 Å². The zero-order valence-corrected chi connectivity index (χ0v) is 14.1. The first-order chi connectivity index (χ1) is 12.2. The molecule has 1 aromatic carbocycles. The van der Waals surface area contributed by atoms with Gasteiger partial charge in [0.2, 0.25) is 0 Å². The highest BCUT2D eigenvalue weighted by Crippen LogP contribution is 2.36. The minimum atomic E-state index is -0.152. The Labute approximate surface area is 145 Å². The summed E-state index contributed by atoms with van der Waals surface area (Å²) in [5, 5.41) is 13.4. The minimum Gasteiger partial charge on any atom is -0.345 e.